The zero-order valence-electron chi connectivity index (χ0n) is 11.1. The smallest absolute Gasteiger partial charge is 0.238 e. The first-order valence-electron chi connectivity index (χ1n) is 6.00. The summed E-state index contributed by atoms with van der Waals surface area (Å²) in [5.41, 5.74) is 1.89. The van der Waals surface area contributed by atoms with Crippen molar-refractivity contribution in [3.8, 4) is 6.07 Å². The molecule has 0 saturated heterocycles. The molecule has 1 aromatic rings. The second kappa shape index (κ2) is 6.77. The van der Waals surface area contributed by atoms with Gasteiger partial charge in [0.15, 0.2) is 0 Å². The van der Waals surface area contributed by atoms with E-state index in [0.717, 1.165) is 11.3 Å². The second-order valence-electron chi connectivity index (χ2n) is 4.57. The minimum absolute atomic E-state index is 0.0930. The predicted molar refractivity (Wildman–Crippen MR) is 72.1 cm³/mol. The van der Waals surface area contributed by atoms with Gasteiger partial charge < -0.3 is 5.32 Å². The van der Waals surface area contributed by atoms with Crippen molar-refractivity contribution < 1.29 is 4.79 Å². The highest BCUT2D eigenvalue weighted by atomic mass is 16.2. The largest absolute Gasteiger partial charge is 0.325 e. The van der Waals surface area contributed by atoms with Gasteiger partial charge in [-0.25, -0.2) is 0 Å². The first-order valence-corrected chi connectivity index (χ1v) is 6.00. The van der Waals surface area contributed by atoms with Crippen molar-refractivity contribution in [3.05, 3.63) is 29.8 Å². The lowest BCUT2D eigenvalue weighted by Gasteiger charge is -2.22. The molecule has 18 heavy (non-hydrogen) atoms. The molecular weight excluding hydrogens is 226 g/mol. The summed E-state index contributed by atoms with van der Waals surface area (Å²) in [6, 6.07) is 9.90. The minimum atomic E-state index is -0.0930. The minimum Gasteiger partial charge on any atom is -0.325 e. The lowest BCUT2D eigenvalue weighted by Crippen LogP contribution is -2.38. The van der Waals surface area contributed by atoms with Crippen molar-refractivity contribution in [2.45, 2.75) is 26.8 Å². The third-order valence-corrected chi connectivity index (χ3v) is 2.65. The number of rotatable bonds is 5. The summed E-state index contributed by atoms with van der Waals surface area (Å²) < 4.78 is 0. The van der Waals surface area contributed by atoms with Crippen molar-refractivity contribution in [1.82, 2.24) is 4.90 Å². The molecule has 4 heteroatoms. The Labute approximate surface area is 108 Å². The molecule has 1 rings (SSSR count). The van der Waals surface area contributed by atoms with Gasteiger partial charge in [-0.3, -0.25) is 9.69 Å². The number of nitrogens with zero attached hydrogens (tertiary/aromatic N) is 2. The Morgan fingerprint density at radius 3 is 2.78 bits per heavy atom. The fourth-order valence-electron chi connectivity index (χ4n) is 1.62. The van der Waals surface area contributed by atoms with Crippen LogP contribution in [-0.4, -0.2) is 29.9 Å². The van der Waals surface area contributed by atoms with Crippen LogP contribution in [0.4, 0.5) is 5.69 Å². The zero-order chi connectivity index (χ0) is 13.5. The van der Waals surface area contributed by atoms with Gasteiger partial charge in [-0.15, -0.1) is 0 Å². The second-order valence-corrected chi connectivity index (χ2v) is 4.57. The Bertz CT molecular complexity index is 449. The summed E-state index contributed by atoms with van der Waals surface area (Å²) in [7, 11) is 0. The Kier molecular flexibility index (Phi) is 5.34. The maximum absolute atomic E-state index is 11.9. The first kappa shape index (κ1) is 14.2. The lowest BCUT2D eigenvalue weighted by molar-refractivity contribution is -0.117. The van der Waals surface area contributed by atoms with E-state index in [2.05, 4.69) is 11.4 Å². The molecule has 0 aliphatic carbocycles. The highest BCUT2D eigenvalue weighted by Crippen LogP contribution is 2.09. The van der Waals surface area contributed by atoms with E-state index in [1.807, 2.05) is 49.9 Å². The monoisotopic (exact) mass is 245 g/mol. The van der Waals surface area contributed by atoms with Gasteiger partial charge in [0.25, 0.3) is 0 Å². The SMILES string of the molecule is Cc1cccc(NC(=O)CN(CC#N)C(C)C)c1. The lowest BCUT2D eigenvalue weighted by atomic mass is 10.2. The Morgan fingerprint density at radius 2 is 2.22 bits per heavy atom. The van der Waals surface area contributed by atoms with Gasteiger partial charge >= 0.3 is 0 Å². The number of carbonyl (C=O) groups excluding carboxylic acids is 1. The molecule has 0 aromatic heterocycles. The van der Waals surface area contributed by atoms with E-state index in [1.165, 1.54) is 0 Å². The van der Waals surface area contributed by atoms with Crippen LogP contribution in [0.25, 0.3) is 0 Å². The van der Waals surface area contributed by atoms with E-state index in [0.29, 0.717) is 0 Å². The fourth-order valence-corrected chi connectivity index (χ4v) is 1.62. The van der Waals surface area contributed by atoms with E-state index < -0.39 is 0 Å². The van der Waals surface area contributed by atoms with Crippen LogP contribution in [0.1, 0.15) is 19.4 Å². The van der Waals surface area contributed by atoms with E-state index in [-0.39, 0.29) is 25.0 Å². The van der Waals surface area contributed by atoms with Gasteiger partial charge in [0.05, 0.1) is 19.2 Å². The number of anilines is 1. The predicted octanol–water partition coefficient (Wildman–Crippen LogP) is 2.17. The Hall–Kier alpha value is -1.86. The summed E-state index contributed by atoms with van der Waals surface area (Å²) in [5, 5.41) is 11.5. The van der Waals surface area contributed by atoms with Crippen molar-refractivity contribution in [2.24, 2.45) is 0 Å². The zero-order valence-corrected chi connectivity index (χ0v) is 11.1. The number of nitrogens with one attached hydrogen (secondary N) is 1. The molecule has 0 bridgehead atoms. The van der Waals surface area contributed by atoms with Crippen LogP contribution in [0.15, 0.2) is 24.3 Å². The molecule has 4 nitrogen and oxygen atoms in total. The van der Waals surface area contributed by atoms with Crippen LogP contribution < -0.4 is 5.32 Å². The summed E-state index contributed by atoms with van der Waals surface area (Å²) in [6.45, 7) is 6.42. The first-order chi connectivity index (χ1) is 8.52. The number of aryl methyl sites for hydroxylation is 1. The molecule has 96 valence electrons. The van der Waals surface area contributed by atoms with Gasteiger partial charge in [0, 0.05) is 11.7 Å². The van der Waals surface area contributed by atoms with Crippen LogP contribution >= 0.6 is 0 Å². The Balaban J connectivity index is 2.58. The number of carbonyl (C=O) groups is 1. The molecule has 0 aliphatic rings. The van der Waals surface area contributed by atoms with Crippen molar-refractivity contribution in [2.75, 3.05) is 18.4 Å². The van der Waals surface area contributed by atoms with Crippen LogP contribution in [0, 0.1) is 18.3 Å². The van der Waals surface area contributed by atoms with Gasteiger partial charge in [-0.1, -0.05) is 12.1 Å². The average Bonchev–Trinajstić information content (AvgIpc) is 2.28. The quantitative estimate of drug-likeness (QED) is 0.809. The number of benzene rings is 1. The van der Waals surface area contributed by atoms with Crippen LogP contribution in [0.5, 0.6) is 0 Å². The number of hydrogen-bond donors (Lipinski definition) is 1. The summed E-state index contributed by atoms with van der Waals surface area (Å²) in [4.78, 5) is 13.7. The molecule has 0 saturated carbocycles. The van der Waals surface area contributed by atoms with Gasteiger partial charge in [-0.05, 0) is 38.5 Å². The maximum atomic E-state index is 11.9. The standard InChI is InChI=1S/C14H19N3O/c1-11(2)17(8-7-15)10-14(18)16-13-6-4-5-12(3)9-13/h4-6,9,11H,8,10H2,1-3H3,(H,16,18). The third-order valence-electron chi connectivity index (χ3n) is 2.65. The van der Waals surface area contributed by atoms with Gasteiger partial charge in [-0.2, -0.15) is 5.26 Å². The van der Waals surface area contributed by atoms with Crippen molar-refractivity contribution >= 4 is 11.6 Å². The van der Waals surface area contributed by atoms with Gasteiger partial charge in [0.2, 0.25) is 5.91 Å². The topological polar surface area (TPSA) is 56.1 Å². The van der Waals surface area contributed by atoms with E-state index in [4.69, 9.17) is 5.26 Å². The van der Waals surface area contributed by atoms with Crippen LogP contribution in [-0.2, 0) is 4.79 Å². The molecule has 1 aromatic carbocycles. The molecular formula is C14H19N3O. The van der Waals surface area contributed by atoms with Gasteiger partial charge in [0.1, 0.15) is 0 Å². The van der Waals surface area contributed by atoms with Crippen LogP contribution in [0.2, 0.25) is 0 Å². The molecule has 0 atom stereocenters. The molecule has 0 spiro atoms. The molecule has 0 heterocycles. The average molecular weight is 245 g/mol. The molecule has 0 radical (unpaired) electrons. The highest BCUT2D eigenvalue weighted by Gasteiger charge is 2.13. The third kappa shape index (κ3) is 4.56. The van der Waals surface area contributed by atoms with Crippen molar-refractivity contribution in [3.63, 3.8) is 0 Å². The maximum Gasteiger partial charge on any atom is 0.238 e. The van der Waals surface area contributed by atoms with E-state index >= 15 is 0 Å². The molecule has 0 unspecified atom stereocenters. The summed E-state index contributed by atoms with van der Waals surface area (Å²) in [5.74, 6) is -0.0930. The van der Waals surface area contributed by atoms with E-state index in [9.17, 15) is 4.79 Å². The van der Waals surface area contributed by atoms with Crippen molar-refractivity contribution in [1.29, 1.82) is 5.26 Å². The fraction of sp³-hybridized carbons (Fsp3) is 0.429. The molecule has 1 N–H and O–H groups in total. The number of nitriles is 1. The molecule has 0 fully saturated rings. The van der Waals surface area contributed by atoms with E-state index in [1.54, 1.807) is 0 Å². The molecule has 0 aliphatic heterocycles. The normalized spacial score (nSPS) is 10.4. The summed E-state index contributed by atoms with van der Waals surface area (Å²) >= 11 is 0. The highest BCUT2D eigenvalue weighted by molar-refractivity contribution is 5.92. The summed E-state index contributed by atoms with van der Waals surface area (Å²) in [6.07, 6.45) is 0. The number of amides is 1. The number of hydrogen-bond acceptors (Lipinski definition) is 3. The van der Waals surface area contributed by atoms with Crippen LogP contribution in [0.3, 0.4) is 0 Å². The Morgan fingerprint density at radius 1 is 1.50 bits per heavy atom. The molecule has 1 amide bonds.